The summed E-state index contributed by atoms with van der Waals surface area (Å²) in [5, 5.41) is 7.89. The second-order valence-corrected chi connectivity index (χ2v) is 9.96. The molecule has 0 radical (unpaired) electrons. The van der Waals surface area contributed by atoms with E-state index >= 15 is 0 Å². The van der Waals surface area contributed by atoms with E-state index in [2.05, 4.69) is 33.8 Å². The Kier molecular flexibility index (Phi) is 5.29. The number of anilines is 1. The maximum Gasteiger partial charge on any atom is 0.325 e. The summed E-state index contributed by atoms with van der Waals surface area (Å²) < 4.78 is 5.65. The number of para-hydroxylation sites is 1. The average molecular weight is 489 g/mol. The first-order valence-corrected chi connectivity index (χ1v) is 12.7. The Hall–Kier alpha value is -3.72. The van der Waals surface area contributed by atoms with Crippen LogP contribution < -0.4 is 15.4 Å². The van der Waals surface area contributed by atoms with E-state index in [4.69, 9.17) is 4.74 Å². The van der Waals surface area contributed by atoms with Crippen molar-refractivity contribution in [2.24, 2.45) is 0 Å². The summed E-state index contributed by atoms with van der Waals surface area (Å²) in [4.78, 5) is 44.4. The molecule has 6 rings (SSSR count). The molecule has 0 saturated carbocycles. The minimum Gasteiger partial charge on any atom is -0.493 e. The monoisotopic (exact) mass is 488 g/mol. The molecule has 178 valence electrons. The summed E-state index contributed by atoms with van der Waals surface area (Å²) in [5.41, 5.74) is 4.01. The lowest BCUT2D eigenvalue weighted by Gasteiger charge is -2.33. The number of carbonyl (C=O) groups is 3. The molecule has 1 aromatic heterocycles. The molecule has 1 unspecified atom stereocenters. The lowest BCUT2D eigenvalue weighted by molar-refractivity contribution is -0.135. The van der Waals surface area contributed by atoms with Crippen LogP contribution in [0.1, 0.15) is 36.0 Å². The third kappa shape index (κ3) is 3.76. The predicted molar refractivity (Wildman–Crippen MR) is 131 cm³/mol. The topological polar surface area (TPSA) is 101 Å². The number of hydrogen-bond acceptors (Lipinski definition) is 6. The van der Waals surface area contributed by atoms with Gasteiger partial charge in [0.2, 0.25) is 5.91 Å². The zero-order valence-electron chi connectivity index (χ0n) is 19.0. The number of carbonyl (C=O) groups excluding carboxylic acids is 3. The molecule has 1 fully saturated rings. The highest BCUT2D eigenvalue weighted by Crippen LogP contribution is 2.41. The maximum absolute atomic E-state index is 13.3. The molecule has 4 amide bonds. The molecule has 1 saturated heterocycles. The van der Waals surface area contributed by atoms with Crippen molar-refractivity contribution in [2.45, 2.75) is 37.6 Å². The Morgan fingerprint density at radius 2 is 1.97 bits per heavy atom. The highest BCUT2D eigenvalue weighted by atomic mass is 32.1. The molecule has 1 spiro atoms. The summed E-state index contributed by atoms with van der Waals surface area (Å²) in [7, 11) is 0. The lowest BCUT2D eigenvalue weighted by atomic mass is 9.84. The molecular formula is C26H24N4O4S. The van der Waals surface area contributed by atoms with Gasteiger partial charge >= 0.3 is 6.03 Å². The SMILES string of the molecule is O=C(CN1C(=O)NC2(CCOc3ccccc32)C1=O)Nc1nc(-c2ccc3c(c2)CCCC3)cs1. The third-order valence-corrected chi connectivity index (χ3v) is 7.71. The van der Waals surface area contributed by atoms with E-state index in [1.54, 1.807) is 18.2 Å². The van der Waals surface area contributed by atoms with Crippen molar-refractivity contribution < 1.29 is 19.1 Å². The van der Waals surface area contributed by atoms with Crippen molar-refractivity contribution in [2.75, 3.05) is 18.5 Å². The first-order valence-electron chi connectivity index (χ1n) is 11.8. The highest BCUT2D eigenvalue weighted by Gasteiger charge is 2.55. The highest BCUT2D eigenvalue weighted by molar-refractivity contribution is 7.14. The molecule has 35 heavy (non-hydrogen) atoms. The molecule has 2 aromatic carbocycles. The minimum atomic E-state index is -1.20. The van der Waals surface area contributed by atoms with Crippen LogP contribution >= 0.6 is 11.3 Å². The molecule has 3 aliphatic rings. The van der Waals surface area contributed by atoms with Gasteiger partial charge in [0.15, 0.2) is 10.7 Å². The Labute approximate surface area is 206 Å². The summed E-state index contributed by atoms with van der Waals surface area (Å²) in [6.07, 6.45) is 4.95. The zero-order valence-corrected chi connectivity index (χ0v) is 19.8. The number of nitrogens with zero attached hydrogens (tertiary/aromatic N) is 2. The van der Waals surface area contributed by atoms with E-state index in [0.29, 0.717) is 29.5 Å². The molecule has 9 heteroatoms. The van der Waals surface area contributed by atoms with Gasteiger partial charge in [0.1, 0.15) is 12.3 Å². The van der Waals surface area contributed by atoms with Crippen LogP contribution in [0, 0.1) is 0 Å². The average Bonchev–Trinajstić information content (AvgIpc) is 3.43. The van der Waals surface area contributed by atoms with Crippen LogP contribution in [0.2, 0.25) is 0 Å². The van der Waals surface area contributed by atoms with Crippen LogP contribution in [0.15, 0.2) is 47.8 Å². The fourth-order valence-corrected chi connectivity index (χ4v) is 5.91. The second kappa shape index (κ2) is 8.49. The number of aryl methyl sites for hydroxylation is 2. The first kappa shape index (κ1) is 21.8. The molecule has 8 nitrogen and oxygen atoms in total. The number of amides is 4. The number of ether oxygens (including phenoxy) is 1. The number of nitrogens with one attached hydrogen (secondary N) is 2. The van der Waals surface area contributed by atoms with Crippen LogP contribution in [0.3, 0.4) is 0 Å². The summed E-state index contributed by atoms with van der Waals surface area (Å²) in [5.74, 6) is -0.351. The number of benzene rings is 2. The summed E-state index contributed by atoms with van der Waals surface area (Å²) in [6, 6.07) is 13.0. The fraction of sp³-hybridized carbons (Fsp3) is 0.308. The molecule has 1 atom stereocenters. The molecule has 0 bridgehead atoms. The van der Waals surface area contributed by atoms with Crippen molar-refractivity contribution in [3.63, 3.8) is 0 Å². The predicted octanol–water partition coefficient (Wildman–Crippen LogP) is 3.86. The Bertz CT molecular complexity index is 1350. The largest absolute Gasteiger partial charge is 0.493 e. The van der Waals surface area contributed by atoms with Gasteiger partial charge in [-0.2, -0.15) is 0 Å². The molecule has 3 aromatic rings. The second-order valence-electron chi connectivity index (χ2n) is 9.10. The van der Waals surface area contributed by atoms with Crippen molar-refractivity contribution in [1.29, 1.82) is 0 Å². The number of fused-ring (bicyclic) bond motifs is 3. The Morgan fingerprint density at radius 1 is 1.14 bits per heavy atom. The first-order chi connectivity index (χ1) is 17.0. The molecule has 1 aliphatic carbocycles. The van der Waals surface area contributed by atoms with E-state index in [9.17, 15) is 14.4 Å². The van der Waals surface area contributed by atoms with Crippen molar-refractivity contribution in [3.8, 4) is 17.0 Å². The molecule has 3 heterocycles. The van der Waals surface area contributed by atoms with Crippen molar-refractivity contribution in [1.82, 2.24) is 15.2 Å². The molecule has 2 aliphatic heterocycles. The molecule has 2 N–H and O–H groups in total. The fourth-order valence-electron chi connectivity index (χ4n) is 5.17. The van der Waals surface area contributed by atoms with Crippen LogP contribution in [0.4, 0.5) is 9.93 Å². The number of urea groups is 1. The number of imide groups is 1. The summed E-state index contributed by atoms with van der Waals surface area (Å²) in [6.45, 7) is -0.0865. The van der Waals surface area contributed by atoms with Crippen LogP contribution in [0.25, 0.3) is 11.3 Å². The van der Waals surface area contributed by atoms with Gasteiger partial charge in [0.05, 0.1) is 12.3 Å². The van der Waals surface area contributed by atoms with E-state index in [-0.39, 0.29) is 6.54 Å². The Balaban J connectivity index is 1.16. The number of thiazole rings is 1. The maximum atomic E-state index is 13.3. The normalized spacial score (nSPS) is 20.7. The van der Waals surface area contributed by atoms with Gasteiger partial charge < -0.3 is 15.4 Å². The van der Waals surface area contributed by atoms with Gasteiger partial charge in [0.25, 0.3) is 5.91 Å². The number of aromatic nitrogens is 1. The van der Waals surface area contributed by atoms with Crippen LogP contribution in [0.5, 0.6) is 5.75 Å². The van der Waals surface area contributed by atoms with Gasteiger partial charge in [-0.25, -0.2) is 9.78 Å². The smallest absolute Gasteiger partial charge is 0.325 e. The quantitative estimate of drug-likeness (QED) is 0.543. The van der Waals surface area contributed by atoms with Gasteiger partial charge in [-0.05, 0) is 48.9 Å². The van der Waals surface area contributed by atoms with Gasteiger partial charge in [0, 0.05) is 22.9 Å². The van der Waals surface area contributed by atoms with Crippen molar-refractivity contribution in [3.05, 3.63) is 64.5 Å². The zero-order chi connectivity index (χ0) is 24.0. The molecular weight excluding hydrogens is 464 g/mol. The van der Waals surface area contributed by atoms with E-state index in [1.807, 2.05) is 11.4 Å². The van der Waals surface area contributed by atoms with Gasteiger partial charge in [-0.3, -0.25) is 14.5 Å². The number of hydrogen-bond donors (Lipinski definition) is 2. The third-order valence-electron chi connectivity index (χ3n) is 6.95. The van der Waals surface area contributed by atoms with Crippen LogP contribution in [-0.2, 0) is 28.0 Å². The Morgan fingerprint density at radius 3 is 2.86 bits per heavy atom. The summed E-state index contributed by atoms with van der Waals surface area (Å²) >= 11 is 1.32. The van der Waals surface area contributed by atoms with Crippen molar-refractivity contribution >= 4 is 34.3 Å². The van der Waals surface area contributed by atoms with Crippen LogP contribution in [-0.4, -0.2) is 40.9 Å². The van der Waals surface area contributed by atoms with Gasteiger partial charge in [-0.15, -0.1) is 11.3 Å². The lowest BCUT2D eigenvalue weighted by Crippen LogP contribution is -2.48. The number of rotatable bonds is 4. The van der Waals surface area contributed by atoms with E-state index in [0.717, 1.165) is 29.0 Å². The van der Waals surface area contributed by atoms with E-state index in [1.165, 1.54) is 35.3 Å². The van der Waals surface area contributed by atoms with Gasteiger partial charge in [-0.1, -0.05) is 30.3 Å². The van der Waals surface area contributed by atoms with E-state index < -0.39 is 23.4 Å². The minimum absolute atomic E-state index is 0.299. The standard InChI is InChI=1S/C26H24N4O4S/c31-22(28-24-27-20(15-35-24)18-10-9-16-5-1-2-6-17(16)13-18)14-30-23(32)26(29-25(30)33)11-12-34-21-8-4-3-7-19(21)26/h3-4,7-10,13,15H,1-2,5-6,11-12,14H2,(H,29,33)(H,27,28,31).